The van der Waals surface area contributed by atoms with E-state index in [0.29, 0.717) is 17.7 Å². The number of benzene rings is 2. The Hall–Kier alpha value is -1.80. The second kappa shape index (κ2) is 5.90. The second-order valence-corrected chi connectivity index (χ2v) is 6.24. The Labute approximate surface area is 126 Å². The molecule has 0 amide bonds. The second-order valence-electron chi connectivity index (χ2n) is 6.24. The van der Waals surface area contributed by atoms with Gasteiger partial charge < -0.3 is 10.4 Å². The summed E-state index contributed by atoms with van der Waals surface area (Å²) in [6, 6.07) is 15.0. The Morgan fingerprint density at radius 1 is 1.14 bits per heavy atom. The van der Waals surface area contributed by atoms with Crippen LogP contribution in [0.15, 0.2) is 42.5 Å². The molecule has 1 aliphatic rings. The predicted molar refractivity (Wildman–Crippen MR) is 86.8 cm³/mol. The molecule has 0 saturated carbocycles. The minimum absolute atomic E-state index is 0.297. The highest BCUT2D eigenvalue weighted by Crippen LogP contribution is 2.29. The zero-order valence-corrected chi connectivity index (χ0v) is 12.8. The van der Waals surface area contributed by atoms with Gasteiger partial charge in [0.05, 0.1) is 0 Å². The monoisotopic (exact) mass is 281 g/mol. The molecule has 0 bridgehead atoms. The van der Waals surface area contributed by atoms with Crippen LogP contribution in [0.1, 0.15) is 48.1 Å². The number of rotatable bonds is 3. The van der Waals surface area contributed by atoms with Gasteiger partial charge in [-0.05, 0) is 59.7 Å². The topological polar surface area (TPSA) is 32.3 Å². The first-order chi connectivity index (χ1) is 10.1. The first kappa shape index (κ1) is 14.2. The average molecular weight is 281 g/mol. The lowest BCUT2D eigenvalue weighted by Gasteiger charge is -2.27. The van der Waals surface area contributed by atoms with E-state index in [1.54, 1.807) is 6.07 Å². The molecule has 0 aromatic heterocycles. The van der Waals surface area contributed by atoms with Crippen molar-refractivity contribution in [1.29, 1.82) is 0 Å². The highest BCUT2D eigenvalue weighted by Gasteiger charge is 2.20. The molecule has 1 heterocycles. The van der Waals surface area contributed by atoms with Gasteiger partial charge in [-0.25, -0.2) is 0 Å². The Morgan fingerprint density at radius 2 is 1.90 bits per heavy atom. The minimum atomic E-state index is 0.297. The lowest BCUT2D eigenvalue weighted by molar-refractivity contribution is 0.463. The fourth-order valence-corrected chi connectivity index (χ4v) is 3.08. The summed E-state index contributed by atoms with van der Waals surface area (Å²) in [7, 11) is 0. The third-order valence-corrected chi connectivity index (χ3v) is 4.38. The van der Waals surface area contributed by atoms with Gasteiger partial charge in [-0.2, -0.15) is 0 Å². The van der Waals surface area contributed by atoms with Crippen LogP contribution in [0.5, 0.6) is 5.75 Å². The third-order valence-electron chi connectivity index (χ3n) is 4.38. The molecule has 2 N–H and O–H groups in total. The lowest BCUT2D eigenvalue weighted by Crippen LogP contribution is -2.31. The van der Waals surface area contributed by atoms with Gasteiger partial charge in [0, 0.05) is 6.04 Å². The Bertz CT molecular complexity index is 616. The molecule has 1 aliphatic heterocycles. The van der Waals surface area contributed by atoms with Gasteiger partial charge in [-0.1, -0.05) is 44.2 Å². The van der Waals surface area contributed by atoms with Gasteiger partial charge in [0.25, 0.3) is 0 Å². The van der Waals surface area contributed by atoms with Crippen molar-refractivity contribution in [3.05, 3.63) is 64.7 Å². The predicted octanol–water partition coefficient (Wildman–Crippen LogP) is 3.95. The molecule has 2 aromatic rings. The number of hydrogen-bond acceptors (Lipinski definition) is 2. The summed E-state index contributed by atoms with van der Waals surface area (Å²) in [5.41, 5.74) is 5.33. The molecule has 0 radical (unpaired) electrons. The number of nitrogens with one attached hydrogen (secondary N) is 1. The maximum absolute atomic E-state index is 9.74. The zero-order chi connectivity index (χ0) is 14.8. The average Bonchev–Trinajstić information content (AvgIpc) is 2.48. The summed E-state index contributed by atoms with van der Waals surface area (Å²) in [6.45, 7) is 5.44. The van der Waals surface area contributed by atoms with Gasteiger partial charge in [0.15, 0.2) is 0 Å². The van der Waals surface area contributed by atoms with Crippen molar-refractivity contribution in [2.45, 2.75) is 38.6 Å². The van der Waals surface area contributed by atoms with Crippen molar-refractivity contribution in [3.63, 3.8) is 0 Å². The molecule has 21 heavy (non-hydrogen) atoms. The van der Waals surface area contributed by atoms with Crippen LogP contribution in [0.4, 0.5) is 0 Å². The standard InChI is InChI=1S/C19H23NO/c1-13(2)15-5-3-14(4-6-15)11-19-18-12-17(21)8-7-16(18)9-10-20-19/h3-8,12-13,19-21H,9-11H2,1-2H3. The molecule has 0 saturated heterocycles. The molecule has 2 aromatic carbocycles. The van der Waals surface area contributed by atoms with E-state index in [1.165, 1.54) is 22.3 Å². The van der Waals surface area contributed by atoms with Crippen molar-refractivity contribution in [1.82, 2.24) is 5.32 Å². The first-order valence-corrected chi connectivity index (χ1v) is 7.77. The van der Waals surface area contributed by atoms with Crippen LogP contribution in [-0.4, -0.2) is 11.7 Å². The largest absolute Gasteiger partial charge is 0.508 e. The number of fused-ring (bicyclic) bond motifs is 1. The molecule has 0 spiro atoms. The SMILES string of the molecule is CC(C)c1ccc(CC2NCCc3ccc(O)cc32)cc1. The summed E-state index contributed by atoms with van der Waals surface area (Å²) in [5.74, 6) is 0.933. The van der Waals surface area contributed by atoms with Crippen LogP contribution in [0.25, 0.3) is 0 Å². The van der Waals surface area contributed by atoms with E-state index in [0.717, 1.165) is 19.4 Å². The summed E-state index contributed by atoms with van der Waals surface area (Å²) < 4.78 is 0. The summed E-state index contributed by atoms with van der Waals surface area (Å²) >= 11 is 0. The van der Waals surface area contributed by atoms with Gasteiger partial charge in [-0.15, -0.1) is 0 Å². The van der Waals surface area contributed by atoms with Crippen LogP contribution in [-0.2, 0) is 12.8 Å². The molecule has 2 heteroatoms. The number of hydrogen-bond donors (Lipinski definition) is 2. The molecule has 110 valence electrons. The normalized spacial score (nSPS) is 17.8. The maximum Gasteiger partial charge on any atom is 0.115 e. The molecule has 1 unspecified atom stereocenters. The van der Waals surface area contributed by atoms with Crippen LogP contribution in [0.3, 0.4) is 0 Å². The van der Waals surface area contributed by atoms with Crippen molar-refractivity contribution < 1.29 is 5.11 Å². The Kier molecular flexibility index (Phi) is 3.98. The minimum Gasteiger partial charge on any atom is -0.508 e. The molecule has 2 nitrogen and oxygen atoms in total. The van der Waals surface area contributed by atoms with Gasteiger partial charge in [0.2, 0.25) is 0 Å². The fourth-order valence-electron chi connectivity index (χ4n) is 3.08. The summed E-state index contributed by atoms with van der Waals surface area (Å²) in [4.78, 5) is 0. The van der Waals surface area contributed by atoms with Gasteiger partial charge >= 0.3 is 0 Å². The molecule has 3 rings (SSSR count). The Morgan fingerprint density at radius 3 is 2.62 bits per heavy atom. The third kappa shape index (κ3) is 3.11. The van der Waals surface area contributed by atoms with E-state index in [2.05, 4.69) is 49.5 Å². The molecule has 1 atom stereocenters. The van der Waals surface area contributed by atoms with Crippen LogP contribution in [0, 0.1) is 0 Å². The van der Waals surface area contributed by atoms with Crippen molar-refractivity contribution in [2.24, 2.45) is 0 Å². The van der Waals surface area contributed by atoms with Crippen LogP contribution >= 0.6 is 0 Å². The summed E-state index contributed by atoms with van der Waals surface area (Å²) in [6.07, 6.45) is 2.01. The van der Waals surface area contributed by atoms with E-state index >= 15 is 0 Å². The molecular weight excluding hydrogens is 258 g/mol. The highest BCUT2D eigenvalue weighted by molar-refractivity contribution is 5.39. The van der Waals surface area contributed by atoms with E-state index in [9.17, 15) is 5.11 Å². The van der Waals surface area contributed by atoms with Crippen molar-refractivity contribution >= 4 is 0 Å². The quantitative estimate of drug-likeness (QED) is 0.893. The van der Waals surface area contributed by atoms with E-state index < -0.39 is 0 Å². The maximum atomic E-state index is 9.74. The summed E-state index contributed by atoms with van der Waals surface area (Å²) in [5, 5.41) is 13.3. The number of aromatic hydroxyl groups is 1. The smallest absolute Gasteiger partial charge is 0.115 e. The zero-order valence-electron chi connectivity index (χ0n) is 12.8. The lowest BCUT2D eigenvalue weighted by atomic mass is 9.89. The molecule has 0 fully saturated rings. The van der Waals surface area contributed by atoms with Gasteiger partial charge in [0.1, 0.15) is 5.75 Å². The van der Waals surface area contributed by atoms with E-state index in [1.807, 2.05) is 6.07 Å². The van der Waals surface area contributed by atoms with Crippen LogP contribution < -0.4 is 5.32 Å². The molecular formula is C19H23NO. The number of phenols is 1. The van der Waals surface area contributed by atoms with Gasteiger partial charge in [-0.3, -0.25) is 0 Å². The Balaban J connectivity index is 1.81. The molecule has 0 aliphatic carbocycles. The van der Waals surface area contributed by atoms with E-state index in [-0.39, 0.29) is 0 Å². The van der Waals surface area contributed by atoms with E-state index in [4.69, 9.17) is 0 Å². The fraction of sp³-hybridized carbons (Fsp3) is 0.368. The number of phenolic OH excluding ortho intramolecular Hbond substituents is 1. The first-order valence-electron chi connectivity index (χ1n) is 7.77. The van der Waals surface area contributed by atoms with Crippen molar-refractivity contribution in [2.75, 3.05) is 6.54 Å². The van der Waals surface area contributed by atoms with Crippen LogP contribution in [0.2, 0.25) is 0 Å². The van der Waals surface area contributed by atoms with Crippen molar-refractivity contribution in [3.8, 4) is 5.75 Å². The highest BCUT2D eigenvalue weighted by atomic mass is 16.3.